The van der Waals surface area contributed by atoms with Gasteiger partial charge in [-0.25, -0.2) is 4.90 Å². The van der Waals surface area contributed by atoms with Crippen LogP contribution in [0.3, 0.4) is 0 Å². The zero-order valence-electron chi connectivity index (χ0n) is 17.1. The maximum atomic E-state index is 13.8. The Labute approximate surface area is 177 Å². The molecule has 0 spiro atoms. The van der Waals surface area contributed by atoms with Crippen LogP contribution in [0.1, 0.15) is 41.4 Å². The van der Waals surface area contributed by atoms with E-state index in [1.54, 1.807) is 0 Å². The second-order valence-corrected chi connectivity index (χ2v) is 8.46. The molecule has 1 heterocycles. The summed E-state index contributed by atoms with van der Waals surface area (Å²) in [4.78, 5) is 29.0. The van der Waals surface area contributed by atoms with Crippen LogP contribution in [0.15, 0.2) is 84.9 Å². The molecular formula is C27H25NO2. The summed E-state index contributed by atoms with van der Waals surface area (Å²) in [6, 6.07) is 28.2. The van der Waals surface area contributed by atoms with Gasteiger partial charge in [-0.2, -0.15) is 0 Å². The third-order valence-electron chi connectivity index (χ3n) is 6.87. The number of para-hydroxylation sites is 1. The maximum absolute atomic E-state index is 13.8. The highest BCUT2D eigenvalue weighted by Gasteiger charge is 2.56. The fraction of sp³-hybridized carbons (Fsp3) is 0.259. The van der Waals surface area contributed by atoms with Crippen LogP contribution in [0.5, 0.6) is 0 Å². The summed E-state index contributed by atoms with van der Waals surface area (Å²) in [5, 5.41) is 0. The molecule has 0 unspecified atom stereocenters. The van der Waals surface area contributed by atoms with E-state index in [2.05, 4.69) is 24.3 Å². The van der Waals surface area contributed by atoms with E-state index in [-0.39, 0.29) is 35.5 Å². The largest absolute Gasteiger partial charge is 0.274 e. The number of aryl methyl sites for hydroxylation is 1. The molecular weight excluding hydrogens is 370 g/mol. The molecule has 0 aromatic heterocycles. The lowest BCUT2D eigenvalue weighted by Gasteiger charge is -2.37. The van der Waals surface area contributed by atoms with Crippen molar-refractivity contribution < 1.29 is 9.59 Å². The molecule has 0 bridgehead atoms. The zero-order chi connectivity index (χ0) is 20.7. The summed E-state index contributed by atoms with van der Waals surface area (Å²) < 4.78 is 0. The minimum absolute atomic E-state index is 0.0474. The van der Waals surface area contributed by atoms with Crippen molar-refractivity contribution in [1.82, 2.24) is 0 Å². The maximum Gasteiger partial charge on any atom is 0.238 e. The van der Waals surface area contributed by atoms with Crippen LogP contribution in [-0.4, -0.2) is 11.8 Å². The highest BCUT2D eigenvalue weighted by Crippen LogP contribution is 2.53. The van der Waals surface area contributed by atoms with E-state index in [0.717, 1.165) is 35.2 Å². The minimum Gasteiger partial charge on any atom is -0.274 e. The molecule has 2 aliphatic rings. The number of carbonyl (C=O) groups is 2. The Kier molecular flexibility index (Phi) is 4.74. The highest BCUT2D eigenvalue weighted by atomic mass is 16.2. The molecule has 0 N–H and O–H groups in total. The number of anilines is 1. The molecule has 2 amide bonds. The second kappa shape index (κ2) is 7.56. The molecule has 150 valence electrons. The van der Waals surface area contributed by atoms with Gasteiger partial charge in [-0.3, -0.25) is 9.59 Å². The van der Waals surface area contributed by atoms with Gasteiger partial charge in [-0.1, -0.05) is 78.9 Å². The van der Waals surface area contributed by atoms with Crippen molar-refractivity contribution in [2.24, 2.45) is 11.8 Å². The molecule has 1 aliphatic carbocycles. The first-order chi connectivity index (χ1) is 14.7. The van der Waals surface area contributed by atoms with Crippen LogP contribution in [-0.2, 0) is 9.59 Å². The fourth-order valence-corrected chi connectivity index (χ4v) is 5.48. The molecule has 3 nitrogen and oxygen atoms in total. The SMILES string of the molecule is Cc1ccccc1N1C(=O)[C@@H]2[C@@H](C1=O)[C@@H](c1ccccc1)CC[C@@H]2c1ccccc1. The molecule has 0 radical (unpaired) electrons. The molecule has 3 aromatic rings. The van der Waals surface area contributed by atoms with E-state index in [1.807, 2.05) is 67.6 Å². The lowest BCUT2D eigenvalue weighted by Crippen LogP contribution is -2.34. The van der Waals surface area contributed by atoms with Gasteiger partial charge in [0.15, 0.2) is 0 Å². The summed E-state index contributed by atoms with van der Waals surface area (Å²) in [6.45, 7) is 1.96. The Balaban J connectivity index is 1.62. The Morgan fingerprint density at radius 3 is 1.53 bits per heavy atom. The van der Waals surface area contributed by atoms with Gasteiger partial charge in [0, 0.05) is 0 Å². The van der Waals surface area contributed by atoms with Crippen molar-refractivity contribution in [2.45, 2.75) is 31.6 Å². The predicted octanol–water partition coefficient (Wildman–Crippen LogP) is 5.46. The quantitative estimate of drug-likeness (QED) is 0.552. The van der Waals surface area contributed by atoms with Gasteiger partial charge in [0.05, 0.1) is 17.5 Å². The zero-order valence-corrected chi connectivity index (χ0v) is 17.1. The van der Waals surface area contributed by atoms with Crippen molar-refractivity contribution in [1.29, 1.82) is 0 Å². The van der Waals surface area contributed by atoms with Crippen LogP contribution in [0.4, 0.5) is 5.69 Å². The lowest BCUT2D eigenvalue weighted by molar-refractivity contribution is -0.122. The first-order valence-corrected chi connectivity index (χ1v) is 10.7. The Bertz CT molecular complexity index is 1010. The van der Waals surface area contributed by atoms with Gasteiger partial charge in [-0.05, 0) is 54.4 Å². The molecule has 5 rings (SSSR count). The second-order valence-electron chi connectivity index (χ2n) is 8.46. The van der Waals surface area contributed by atoms with Gasteiger partial charge in [0.1, 0.15) is 0 Å². The van der Waals surface area contributed by atoms with E-state index in [1.165, 1.54) is 4.90 Å². The monoisotopic (exact) mass is 395 g/mol. The Hall–Kier alpha value is -3.20. The molecule has 1 saturated heterocycles. The molecule has 1 saturated carbocycles. The normalized spacial score (nSPS) is 26.0. The van der Waals surface area contributed by atoms with Crippen molar-refractivity contribution in [3.8, 4) is 0 Å². The van der Waals surface area contributed by atoms with E-state index in [0.29, 0.717) is 0 Å². The Morgan fingerprint density at radius 1 is 0.633 bits per heavy atom. The Morgan fingerprint density at radius 2 is 1.07 bits per heavy atom. The summed E-state index contributed by atoms with van der Waals surface area (Å²) >= 11 is 0. The molecule has 3 aromatic carbocycles. The van der Waals surface area contributed by atoms with Crippen LogP contribution >= 0.6 is 0 Å². The fourth-order valence-electron chi connectivity index (χ4n) is 5.48. The lowest BCUT2D eigenvalue weighted by atomic mass is 9.64. The topological polar surface area (TPSA) is 37.4 Å². The third-order valence-corrected chi connectivity index (χ3v) is 6.87. The smallest absolute Gasteiger partial charge is 0.238 e. The average Bonchev–Trinajstić information content (AvgIpc) is 3.06. The third kappa shape index (κ3) is 2.97. The first-order valence-electron chi connectivity index (χ1n) is 10.7. The predicted molar refractivity (Wildman–Crippen MR) is 118 cm³/mol. The number of rotatable bonds is 3. The van der Waals surface area contributed by atoms with E-state index >= 15 is 0 Å². The number of fused-ring (bicyclic) bond motifs is 1. The average molecular weight is 396 g/mol. The molecule has 30 heavy (non-hydrogen) atoms. The standard InChI is InChI=1S/C27H25NO2/c1-18-10-8-9-15-23(18)28-26(29)24-21(19-11-4-2-5-12-19)16-17-22(25(24)27(28)30)20-13-6-3-7-14-20/h2-15,21-22,24-25H,16-17H2,1H3/t21-,22-,24+,25+/m1/s1. The van der Waals surface area contributed by atoms with Gasteiger partial charge in [0.2, 0.25) is 11.8 Å². The summed E-state index contributed by atoms with van der Waals surface area (Å²) in [7, 11) is 0. The van der Waals surface area contributed by atoms with Crippen molar-refractivity contribution in [3.05, 3.63) is 102 Å². The van der Waals surface area contributed by atoms with Crippen LogP contribution in [0.25, 0.3) is 0 Å². The van der Waals surface area contributed by atoms with Gasteiger partial charge in [0.25, 0.3) is 0 Å². The van der Waals surface area contributed by atoms with Crippen molar-refractivity contribution >= 4 is 17.5 Å². The number of nitrogens with zero attached hydrogens (tertiary/aromatic N) is 1. The van der Waals surface area contributed by atoms with Crippen molar-refractivity contribution in [3.63, 3.8) is 0 Å². The van der Waals surface area contributed by atoms with Crippen LogP contribution < -0.4 is 4.90 Å². The van der Waals surface area contributed by atoms with E-state index < -0.39 is 0 Å². The van der Waals surface area contributed by atoms with Crippen LogP contribution in [0.2, 0.25) is 0 Å². The van der Waals surface area contributed by atoms with Crippen LogP contribution in [0, 0.1) is 18.8 Å². The number of benzene rings is 3. The first kappa shape index (κ1) is 18.8. The number of hydrogen-bond donors (Lipinski definition) is 0. The summed E-state index contributed by atoms with van der Waals surface area (Å²) in [6.07, 6.45) is 1.82. The molecule has 2 fully saturated rings. The number of carbonyl (C=O) groups excluding carboxylic acids is 2. The summed E-state index contributed by atoms with van der Waals surface area (Å²) in [5.74, 6) is -0.595. The number of amides is 2. The number of imide groups is 1. The summed E-state index contributed by atoms with van der Waals surface area (Å²) in [5.41, 5.74) is 3.99. The van der Waals surface area contributed by atoms with Gasteiger partial charge < -0.3 is 0 Å². The van der Waals surface area contributed by atoms with Crippen molar-refractivity contribution in [2.75, 3.05) is 4.90 Å². The number of hydrogen-bond acceptors (Lipinski definition) is 2. The molecule has 1 aliphatic heterocycles. The van der Waals surface area contributed by atoms with E-state index in [4.69, 9.17) is 0 Å². The molecule has 3 heteroatoms. The molecule has 4 atom stereocenters. The minimum atomic E-state index is -0.321. The van der Waals surface area contributed by atoms with E-state index in [9.17, 15) is 9.59 Å². The van der Waals surface area contributed by atoms with Gasteiger partial charge in [-0.15, -0.1) is 0 Å². The van der Waals surface area contributed by atoms with Gasteiger partial charge >= 0.3 is 0 Å². The highest BCUT2D eigenvalue weighted by molar-refractivity contribution is 6.23.